The molecule has 0 amide bonds. The summed E-state index contributed by atoms with van der Waals surface area (Å²) < 4.78 is 0. The van der Waals surface area contributed by atoms with Crippen molar-refractivity contribution in [2.24, 2.45) is 0 Å². The van der Waals surface area contributed by atoms with Crippen LogP contribution in [0, 0.1) is 25.2 Å². The normalized spacial score (nSPS) is 9.27. The first-order valence-corrected chi connectivity index (χ1v) is 3.70. The van der Waals surface area contributed by atoms with Gasteiger partial charge < -0.3 is 0 Å². The van der Waals surface area contributed by atoms with E-state index in [1.54, 1.807) is 6.07 Å². The minimum atomic E-state index is 0.546. The number of aryl methyl sites for hydroxylation is 2. The molecule has 1 aromatic rings. The Balaban J connectivity index is 3.40. The van der Waals surface area contributed by atoms with Crippen LogP contribution in [0.2, 0.25) is 5.02 Å². The van der Waals surface area contributed by atoms with Gasteiger partial charge in [-0.3, -0.25) is 0 Å². The number of hydrogen-bond acceptors (Lipinski definition) is 1. The van der Waals surface area contributed by atoms with Crippen LogP contribution < -0.4 is 0 Å². The van der Waals surface area contributed by atoms with E-state index in [4.69, 9.17) is 16.9 Å². The highest BCUT2D eigenvalue weighted by Crippen LogP contribution is 2.20. The number of nitrogens with zero attached hydrogens (tertiary/aromatic N) is 1. The smallest absolute Gasteiger partial charge is 0.101 e. The first-order valence-electron chi connectivity index (χ1n) is 3.32. The summed E-state index contributed by atoms with van der Waals surface area (Å²) in [4.78, 5) is 0. The fraction of sp³-hybridized carbons (Fsp3) is 0.222. The predicted molar refractivity (Wildman–Crippen MR) is 45.6 cm³/mol. The third kappa shape index (κ3) is 1.53. The van der Waals surface area contributed by atoms with E-state index in [0.717, 1.165) is 11.1 Å². The molecule has 0 heterocycles. The van der Waals surface area contributed by atoms with Crippen molar-refractivity contribution >= 4 is 11.6 Å². The first kappa shape index (κ1) is 8.10. The Morgan fingerprint density at radius 3 is 2.45 bits per heavy atom. The second-order valence-corrected chi connectivity index (χ2v) is 2.96. The van der Waals surface area contributed by atoms with E-state index in [1.165, 1.54) is 0 Å². The van der Waals surface area contributed by atoms with Gasteiger partial charge in [-0.2, -0.15) is 5.26 Å². The third-order valence-electron chi connectivity index (χ3n) is 1.54. The second-order valence-electron chi connectivity index (χ2n) is 2.55. The molecule has 0 unspecified atom stereocenters. The molecule has 0 aliphatic heterocycles. The molecule has 1 aromatic carbocycles. The second kappa shape index (κ2) is 2.94. The summed E-state index contributed by atoms with van der Waals surface area (Å²) in [5.41, 5.74) is 2.61. The van der Waals surface area contributed by atoms with Gasteiger partial charge in [0.2, 0.25) is 0 Å². The Morgan fingerprint density at radius 2 is 2.00 bits per heavy atom. The Bertz CT molecular complexity index is 300. The highest BCUT2D eigenvalue weighted by Gasteiger charge is 2.02. The van der Waals surface area contributed by atoms with Crippen molar-refractivity contribution in [2.75, 3.05) is 0 Å². The van der Waals surface area contributed by atoms with E-state index in [-0.39, 0.29) is 0 Å². The average Bonchev–Trinajstić information content (AvgIpc) is 1.85. The Kier molecular flexibility index (Phi) is 2.16. The molecule has 0 fully saturated rings. The summed E-state index contributed by atoms with van der Waals surface area (Å²) in [6.45, 7) is 3.84. The van der Waals surface area contributed by atoms with Crippen molar-refractivity contribution < 1.29 is 0 Å². The minimum Gasteiger partial charge on any atom is -0.192 e. The molecule has 11 heavy (non-hydrogen) atoms. The van der Waals surface area contributed by atoms with Crippen LogP contribution in [-0.2, 0) is 0 Å². The maximum absolute atomic E-state index is 8.66. The summed E-state index contributed by atoms with van der Waals surface area (Å²) in [5, 5.41) is 9.20. The van der Waals surface area contributed by atoms with Crippen LogP contribution in [-0.4, -0.2) is 0 Å². The monoisotopic (exact) mass is 165 g/mol. The van der Waals surface area contributed by atoms with Crippen LogP contribution in [0.25, 0.3) is 0 Å². The molecule has 56 valence electrons. The molecule has 0 saturated carbocycles. The molecule has 0 bridgehead atoms. The van der Waals surface area contributed by atoms with E-state index in [9.17, 15) is 0 Å². The highest BCUT2D eigenvalue weighted by atomic mass is 35.5. The summed E-state index contributed by atoms with van der Waals surface area (Å²) in [7, 11) is 0. The third-order valence-corrected chi connectivity index (χ3v) is 1.84. The van der Waals surface area contributed by atoms with Crippen molar-refractivity contribution in [3.8, 4) is 6.07 Å². The van der Waals surface area contributed by atoms with E-state index in [2.05, 4.69) is 6.07 Å². The van der Waals surface area contributed by atoms with Crippen LogP contribution in [0.5, 0.6) is 0 Å². The molecule has 0 saturated heterocycles. The van der Waals surface area contributed by atoms with E-state index in [1.807, 2.05) is 19.9 Å². The molecule has 0 aliphatic carbocycles. The molecule has 0 aliphatic rings. The molecule has 1 nitrogen and oxygen atoms in total. The van der Waals surface area contributed by atoms with Crippen molar-refractivity contribution in [1.82, 2.24) is 0 Å². The van der Waals surface area contributed by atoms with Gasteiger partial charge in [0.1, 0.15) is 6.07 Å². The maximum Gasteiger partial charge on any atom is 0.101 e. The van der Waals surface area contributed by atoms with Gasteiger partial charge in [-0.15, -0.1) is 0 Å². The zero-order chi connectivity index (χ0) is 8.43. The Morgan fingerprint density at radius 1 is 1.36 bits per heavy atom. The summed E-state index contributed by atoms with van der Waals surface area (Å²) in [5.74, 6) is 0. The Labute approximate surface area is 71.2 Å². The number of benzene rings is 1. The number of rotatable bonds is 0. The van der Waals surface area contributed by atoms with Gasteiger partial charge in [-0.05, 0) is 31.0 Å². The fourth-order valence-corrected chi connectivity index (χ4v) is 1.42. The largest absolute Gasteiger partial charge is 0.192 e. The quantitative estimate of drug-likeness (QED) is 0.580. The Hall–Kier alpha value is -1.00. The zero-order valence-corrected chi connectivity index (χ0v) is 7.24. The molecule has 0 atom stereocenters. The summed E-state index contributed by atoms with van der Waals surface area (Å²) in [6.07, 6.45) is 0. The fourth-order valence-electron chi connectivity index (χ4n) is 1.06. The van der Waals surface area contributed by atoms with Gasteiger partial charge in [-0.1, -0.05) is 17.7 Å². The molecule has 0 N–H and O–H groups in total. The molecular weight excluding hydrogens is 158 g/mol. The van der Waals surface area contributed by atoms with Gasteiger partial charge in [0.25, 0.3) is 0 Å². The van der Waals surface area contributed by atoms with Crippen molar-refractivity contribution in [3.63, 3.8) is 0 Å². The van der Waals surface area contributed by atoms with Crippen LogP contribution in [0.15, 0.2) is 12.1 Å². The standard InChI is InChI=1S/C9H8ClN/c1-6-3-7(2)8(5-11)9(10)4-6/h3-4H,1-2H3. The minimum absolute atomic E-state index is 0.546. The van der Waals surface area contributed by atoms with E-state index >= 15 is 0 Å². The molecule has 0 spiro atoms. The van der Waals surface area contributed by atoms with E-state index < -0.39 is 0 Å². The first-order chi connectivity index (χ1) is 5.15. The highest BCUT2D eigenvalue weighted by molar-refractivity contribution is 6.31. The van der Waals surface area contributed by atoms with Gasteiger partial charge in [-0.25, -0.2) is 0 Å². The van der Waals surface area contributed by atoms with E-state index in [0.29, 0.717) is 10.6 Å². The lowest BCUT2D eigenvalue weighted by atomic mass is 10.1. The topological polar surface area (TPSA) is 23.8 Å². The summed E-state index contributed by atoms with van der Waals surface area (Å²) >= 11 is 5.81. The number of nitriles is 1. The van der Waals surface area contributed by atoms with Gasteiger partial charge in [0.15, 0.2) is 0 Å². The van der Waals surface area contributed by atoms with Gasteiger partial charge >= 0.3 is 0 Å². The molecular formula is C9H8ClN. The van der Waals surface area contributed by atoms with Crippen molar-refractivity contribution in [2.45, 2.75) is 13.8 Å². The van der Waals surface area contributed by atoms with Crippen LogP contribution >= 0.6 is 11.6 Å². The number of halogens is 1. The molecule has 0 radical (unpaired) electrons. The molecule has 2 heteroatoms. The van der Waals surface area contributed by atoms with Crippen molar-refractivity contribution in [3.05, 3.63) is 33.8 Å². The van der Waals surface area contributed by atoms with Crippen molar-refractivity contribution in [1.29, 1.82) is 5.26 Å². The van der Waals surface area contributed by atoms with Crippen LogP contribution in [0.3, 0.4) is 0 Å². The molecule has 1 rings (SSSR count). The van der Waals surface area contributed by atoms with Crippen LogP contribution in [0.1, 0.15) is 16.7 Å². The SMILES string of the molecule is Cc1cc(C)c(C#N)c(Cl)c1. The summed E-state index contributed by atoms with van der Waals surface area (Å²) in [6, 6.07) is 5.81. The predicted octanol–water partition coefficient (Wildman–Crippen LogP) is 2.83. The lowest BCUT2D eigenvalue weighted by molar-refractivity contribution is 1.34. The zero-order valence-electron chi connectivity index (χ0n) is 6.48. The average molecular weight is 166 g/mol. The van der Waals surface area contributed by atoms with Gasteiger partial charge in [0, 0.05) is 0 Å². The maximum atomic E-state index is 8.66. The molecule has 0 aromatic heterocycles. The van der Waals surface area contributed by atoms with Gasteiger partial charge in [0.05, 0.1) is 10.6 Å². The lowest BCUT2D eigenvalue weighted by Gasteiger charge is -2.00. The van der Waals surface area contributed by atoms with Crippen LogP contribution in [0.4, 0.5) is 0 Å². The lowest BCUT2D eigenvalue weighted by Crippen LogP contribution is -1.85. The number of hydrogen-bond donors (Lipinski definition) is 0.